The summed E-state index contributed by atoms with van der Waals surface area (Å²) < 4.78 is 32.9. The number of nitrogen functional groups attached to an aromatic ring is 2. The zero-order valence-electron chi connectivity index (χ0n) is 56.6. The normalized spacial score (nSPS) is 10.3. The maximum Gasteiger partial charge on any atom is 0.313 e. The molecule has 0 spiro atoms. The number of aromatic hydroxyl groups is 8. The molecule has 35 heteroatoms. The molecule has 0 bridgehead atoms. The molecule has 0 aliphatic carbocycles. The fourth-order valence-corrected chi connectivity index (χ4v) is 15.4. The molecule has 0 unspecified atom stereocenters. The van der Waals surface area contributed by atoms with Gasteiger partial charge in [0.25, 0.3) is 10.1 Å². The summed E-state index contributed by atoms with van der Waals surface area (Å²) in [6, 6.07) is 16.9. The van der Waals surface area contributed by atoms with E-state index in [4.69, 9.17) is 149 Å². The van der Waals surface area contributed by atoms with Crippen molar-refractivity contribution >= 4 is 226 Å². The Hall–Kier alpha value is -5.36. The standard InChI is InChI=1S/C10H12BrNO2.C10H11Cl2NO2.C9H10Cl2O.C8H9Br2NO.C8H7Cl2NO3.C8H9Cl2NO.C8H8Cl2O4S.C7H7ClO/c1-3-7-4-10(14)9(5-8(7)11)12-6(2)13;1-3-6-7(11)4-8(13-5(2)14)10(15)9(6)12;1-3-6-7(10)4-5(2)9(12)8(6)11;1-2-4-5(9)3-6(11)8(12)7(4)10;1-2-4-5(9)3-6(11(13)14)8(12)7(4)10;1-2-4-5(9)3-6(11)8(12)7(4)10;1-2-4-5(9)3-6(15(12,13)14)8(11)7(4)10;1-5-2-3-7(9)6(8)4-5/h4-5,14H,3H2,1-2H3,(H,12,13);4,15H,3H2,1-2H3,(H,13,14);4,12H,3H2,1-2H3;3,12H,2,11H2,1H3;3,12H,2H2,1H3;3,12H,2,11H2,1H3;3,11H,2H2,1H3,(H,12,13,14);2-4,9H,1H3. The number of nitro benzene ring substituents is 1. The van der Waals surface area contributed by atoms with E-state index in [2.05, 4.69) is 58.4 Å². The summed E-state index contributed by atoms with van der Waals surface area (Å²) in [5, 5.41) is 93.5. The van der Waals surface area contributed by atoms with Crippen LogP contribution in [0, 0.1) is 24.0 Å². The van der Waals surface area contributed by atoms with Crippen LogP contribution in [-0.4, -0.2) is 70.6 Å². The van der Waals surface area contributed by atoms with Crippen LogP contribution in [0.3, 0.4) is 0 Å². The first-order valence-corrected chi connectivity index (χ1v) is 38.0. The predicted octanol–water partition coefficient (Wildman–Crippen LogP) is 23.4. The molecule has 15 N–H and O–H groups in total. The average molecular weight is 1860 g/mol. The molecule has 0 aliphatic heterocycles. The van der Waals surface area contributed by atoms with Gasteiger partial charge < -0.3 is 63.0 Å². The third-order valence-electron chi connectivity index (χ3n) is 13.8. The van der Waals surface area contributed by atoms with E-state index >= 15 is 0 Å². The predicted molar refractivity (Wildman–Crippen MR) is 432 cm³/mol. The first-order valence-electron chi connectivity index (χ1n) is 30.0. The highest BCUT2D eigenvalue weighted by molar-refractivity contribution is 9.11. The van der Waals surface area contributed by atoms with Crippen molar-refractivity contribution in [2.45, 2.75) is 126 Å². The summed E-state index contributed by atoms with van der Waals surface area (Å²) in [5.74, 6) is -1.43. The van der Waals surface area contributed by atoms with E-state index in [9.17, 15) is 63.9 Å². The lowest BCUT2D eigenvalue weighted by Crippen LogP contribution is -2.06. The lowest BCUT2D eigenvalue weighted by Gasteiger charge is -2.11. The number of nitrogens with two attached hydrogens (primary N) is 2. The molecule has 2 amide bonds. The molecule has 8 aromatic rings. The number of halogens is 14. The average Bonchev–Trinajstić information content (AvgIpc) is 0.838. The highest BCUT2D eigenvalue weighted by atomic mass is 79.9. The van der Waals surface area contributed by atoms with Crippen LogP contribution in [0.1, 0.15) is 112 Å². The van der Waals surface area contributed by atoms with Crippen molar-refractivity contribution in [1.29, 1.82) is 0 Å². The number of nitro groups is 1. The topological polar surface area (TPSA) is 370 Å². The minimum Gasteiger partial charge on any atom is -0.506 e. The van der Waals surface area contributed by atoms with Gasteiger partial charge in [0.2, 0.25) is 17.6 Å². The second-order valence-corrected chi connectivity index (χ2v) is 29.3. The molecule has 0 saturated heterocycles. The number of hydrogen-bond donors (Lipinski definition) is 13. The molecule has 8 aromatic carbocycles. The van der Waals surface area contributed by atoms with E-state index in [1.165, 1.54) is 26.0 Å². The van der Waals surface area contributed by atoms with Gasteiger partial charge in [0.15, 0.2) is 23.0 Å². The van der Waals surface area contributed by atoms with E-state index in [1.54, 1.807) is 63.2 Å². The number of benzene rings is 8. The van der Waals surface area contributed by atoms with Crippen LogP contribution in [-0.2, 0) is 64.7 Å². The highest BCUT2D eigenvalue weighted by Gasteiger charge is 2.24. The van der Waals surface area contributed by atoms with Crippen molar-refractivity contribution in [2.24, 2.45) is 0 Å². The first kappa shape index (κ1) is 95.7. The third kappa shape index (κ3) is 28.1. The molecular formula is C68H73Br3Cl11N5O15S. The van der Waals surface area contributed by atoms with Gasteiger partial charge in [0.1, 0.15) is 22.1 Å². The Bertz CT molecular complexity index is 4340. The maximum absolute atomic E-state index is 10.8. The molecule has 0 aromatic heterocycles. The quantitative estimate of drug-likeness (QED) is 0.0188. The summed E-state index contributed by atoms with van der Waals surface area (Å²) in [5.41, 5.74) is 18.7. The number of phenolic OH excluding ortho intramolecular Hbond substituents is 8. The Morgan fingerprint density at radius 2 is 0.854 bits per heavy atom. The van der Waals surface area contributed by atoms with Gasteiger partial charge >= 0.3 is 5.69 Å². The third-order valence-corrected chi connectivity index (χ3v) is 21.0. The van der Waals surface area contributed by atoms with Gasteiger partial charge in [-0.05, 0) is 179 Å². The molecular weight excluding hydrogens is 1790 g/mol. The van der Waals surface area contributed by atoms with Crippen molar-refractivity contribution in [1.82, 2.24) is 0 Å². The van der Waals surface area contributed by atoms with Crippen molar-refractivity contribution in [3.8, 4) is 46.0 Å². The fraction of sp³-hybridized carbons (Fsp3) is 0.265. The lowest BCUT2D eigenvalue weighted by atomic mass is 10.1. The van der Waals surface area contributed by atoms with E-state index in [1.807, 2.05) is 41.5 Å². The molecule has 103 heavy (non-hydrogen) atoms. The molecule has 0 fully saturated rings. The van der Waals surface area contributed by atoms with Crippen LogP contribution in [0.5, 0.6) is 46.0 Å². The van der Waals surface area contributed by atoms with Gasteiger partial charge in [-0.15, -0.1) is 0 Å². The van der Waals surface area contributed by atoms with E-state index in [-0.39, 0.29) is 87.8 Å². The first-order chi connectivity index (χ1) is 47.7. The van der Waals surface area contributed by atoms with Gasteiger partial charge in [0.05, 0.1) is 67.3 Å². The van der Waals surface area contributed by atoms with Gasteiger partial charge in [-0.1, -0.05) is 214 Å². The number of carbonyl (C=O) groups is 2. The molecule has 20 nitrogen and oxygen atoms in total. The van der Waals surface area contributed by atoms with Gasteiger partial charge in [-0.2, -0.15) is 8.42 Å². The highest BCUT2D eigenvalue weighted by Crippen LogP contribution is 2.44. The van der Waals surface area contributed by atoms with E-state index in [0.29, 0.717) is 88.9 Å². The summed E-state index contributed by atoms with van der Waals surface area (Å²) in [7, 11) is -4.52. The fourth-order valence-electron chi connectivity index (χ4n) is 8.35. The number of carbonyl (C=O) groups excluding carboxylic acids is 2. The summed E-state index contributed by atoms with van der Waals surface area (Å²) >= 11 is 73.7. The number of aryl methyl sites for hydroxylation is 3. The molecule has 0 saturated carbocycles. The van der Waals surface area contributed by atoms with Crippen LogP contribution < -0.4 is 22.1 Å². The minimum atomic E-state index is -4.52. The van der Waals surface area contributed by atoms with Crippen molar-refractivity contribution in [2.75, 3.05) is 22.1 Å². The zero-order valence-corrected chi connectivity index (χ0v) is 70.5. The SMILES string of the molecule is CCc1c(Br)cc(N)c(O)c1Br.CCc1c(Cl)cc(C)c(O)c1Cl.CCc1c(Cl)cc(N)c(O)c1Cl.CCc1c(Cl)cc(NC(C)=O)c(O)c1Cl.CCc1c(Cl)cc(S(=O)(=O)O)c(O)c1Cl.CCc1c(Cl)cc([N+](=O)[O-])c(O)c1Cl.CCc1cc(O)c(NC(C)=O)cc1Br.Cc1ccc(O)c(Cl)c1. The second kappa shape index (κ2) is 44.7. The molecule has 0 radical (unpaired) electrons. The Labute approximate surface area is 677 Å². The Kier molecular flexibility index (Phi) is 41.5. The smallest absolute Gasteiger partial charge is 0.313 e. The molecule has 0 heterocycles. The number of anilines is 4. The Balaban J connectivity index is 0.000000591. The van der Waals surface area contributed by atoms with Crippen LogP contribution in [0.15, 0.2) is 85.0 Å². The van der Waals surface area contributed by atoms with E-state index in [0.717, 1.165) is 68.2 Å². The Morgan fingerprint density at radius 1 is 0.456 bits per heavy atom. The number of nitrogens with one attached hydrogen (secondary N) is 2. The minimum absolute atomic E-state index is 0.0494. The lowest BCUT2D eigenvalue weighted by molar-refractivity contribution is -0.385. The largest absolute Gasteiger partial charge is 0.506 e. The van der Waals surface area contributed by atoms with Crippen molar-refractivity contribution in [3.05, 3.63) is 196 Å². The number of hydrogen-bond acceptors (Lipinski definition) is 16. The summed E-state index contributed by atoms with van der Waals surface area (Å²) in [4.78, 5) is 30.7. The Morgan fingerprint density at radius 3 is 1.28 bits per heavy atom. The molecule has 0 atom stereocenters. The van der Waals surface area contributed by atoms with Gasteiger partial charge in [0, 0.05) is 48.9 Å². The number of nitrogens with zero attached hydrogens (tertiary/aromatic N) is 1. The number of phenols is 8. The zero-order chi connectivity index (χ0) is 79.7. The second-order valence-electron chi connectivity index (χ2n) is 21.0. The van der Waals surface area contributed by atoms with Crippen LogP contribution in [0.25, 0.3) is 0 Å². The van der Waals surface area contributed by atoms with Crippen LogP contribution in [0.4, 0.5) is 28.4 Å². The van der Waals surface area contributed by atoms with Crippen LogP contribution in [0.2, 0.25) is 55.2 Å². The van der Waals surface area contributed by atoms with Crippen LogP contribution >= 0.6 is 175 Å². The van der Waals surface area contributed by atoms with E-state index < -0.39 is 37.1 Å². The summed E-state index contributed by atoms with van der Waals surface area (Å²) in [6.45, 7) is 19.7. The van der Waals surface area contributed by atoms with Crippen molar-refractivity contribution in [3.63, 3.8) is 0 Å². The number of amides is 2. The van der Waals surface area contributed by atoms with Gasteiger partial charge in [-0.25, -0.2) is 0 Å². The monoisotopic (exact) mass is 1850 g/mol. The van der Waals surface area contributed by atoms with Crippen molar-refractivity contribution < 1.29 is 68.3 Å². The van der Waals surface area contributed by atoms with Gasteiger partial charge in [-0.3, -0.25) is 24.3 Å². The summed E-state index contributed by atoms with van der Waals surface area (Å²) in [6.07, 6.45) is 4.63. The molecule has 8 rings (SSSR count). The maximum atomic E-state index is 10.8. The molecule has 564 valence electrons. The molecule has 0 aliphatic rings. The number of rotatable bonds is 11.